The molecule has 86 valence electrons. The number of nitrogens with zero attached hydrogens (tertiary/aromatic N) is 2. The zero-order chi connectivity index (χ0) is 11.5. The van der Waals surface area contributed by atoms with Crippen LogP contribution in [0.2, 0.25) is 0 Å². The molecule has 1 N–H and O–H groups in total. The quantitative estimate of drug-likeness (QED) is 0.853. The van der Waals surface area contributed by atoms with Crippen molar-refractivity contribution in [1.82, 2.24) is 15.6 Å². The van der Waals surface area contributed by atoms with E-state index in [2.05, 4.69) is 15.6 Å². The van der Waals surface area contributed by atoms with Gasteiger partial charge in [0, 0.05) is 24.7 Å². The highest BCUT2D eigenvalue weighted by atomic mass is 16.5. The number of rotatable bonds is 4. The van der Waals surface area contributed by atoms with Crippen LogP contribution in [0.1, 0.15) is 28.5 Å². The molecule has 2 rings (SSSR count). The van der Waals surface area contributed by atoms with E-state index in [1.807, 2.05) is 26.8 Å². The maximum Gasteiger partial charge on any atom is 0.138 e. The second-order valence-corrected chi connectivity index (χ2v) is 3.84. The molecule has 0 unspecified atom stereocenters. The fourth-order valence-corrected chi connectivity index (χ4v) is 1.57. The van der Waals surface area contributed by atoms with Gasteiger partial charge in [-0.3, -0.25) is 0 Å². The first-order valence-corrected chi connectivity index (χ1v) is 5.21. The first-order valence-electron chi connectivity index (χ1n) is 5.21. The van der Waals surface area contributed by atoms with Crippen molar-refractivity contribution in [2.45, 2.75) is 33.9 Å². The Morgan fingerprint density at radius 3 is 2.50 bits per heavy atom. The van der Waals surface area contributed by atoms with E-state index in [9.17, 15) is 0 Å². The van der Waals surface area contributed by atoms with Gasteiger partial charge in [-0.1, -0.05) is 10.3 Å². The van der Waals surface area contributed by atoms with Crippen molar-refractivity contribution in [2.75, 3.05) is 0 Å². The second-order valence-electron chi connectivity index (χ2n) is 3.84. The summed E-state index contributed by atoms with van der Waals surface area (Å²) in [6.45, 7) is 7.14. The van der Waals surface area contributed by atoms with Crippen LogP contribution >= 0.6 is 0 Å². The lowest BCUT2D eigenvalue weighted by molar-refractivity contribution is 0.387. The van der Waals surface area contributed by atoms with Crippen LogP contribution in [0.5, 0.6) is 0 Å². The minimum atomic E-state index is 0.682. The highest BCUT2D eigenvalue weighted by molar-refractivity contribution is 5.20. The fourth-order valence-electron chi connectivity index (χ4n) is 1.57. The number of aromatic nitrogens is 2. The molecule has 2 aromatic heterocycles. The zero-order valence-electron chi connectivity index (χ0n) is 9.70. The predicted octanol–water partition coefficient (Wildman–Crippen LogP) is 1.88. The molecule has 0 atom stereocenters. The number of nitrogens with one attached hydrogen (secondary N) is 1. The Kier molecular flexibility index (Phi) is 3.05. The van der Waals surface area contributed by atoms with Crippen molar-refractivity contribution in [3.8, 4) is 0 Å². The SMILES string of the molecule is Cc1cc(CNCc2c(C)noc2C)no1. The normalized spacial score (nSPS) is 10.9. The molecule has 0 aliphatic carbocycles. The third-order valence-corrected chi connectivity index (χ3v) is 2.47. The summed E-state index contributed by atoms with van der Waals surface area (Å²) < 4.78 is 10.1. The molecule has 0 bridgehead atoms. The van der Waals surface area contributed by atoms with Gasteiger partial charge in [-0.05, 0) is 20.8 Å². The van der Waals surface area contributed by atoms with Gasteiger partial charge in [0.25, 0.3) is 0 Å². The van der Waals surface area contributed by atoms with Crippen LogP contribution in [0.15, 0.2) is 15.1 Å². The minimum absolute atomic E-state index is 0.682. The van der Waals surface area contributed by atoms with E-state index in [4.69, 9.17) is 9.05 Å². The number of hydrogen-bond donors (Lipinski definition) is 1. The molecule has 2 aromatic rings. The third-order valence-electron chi connectivity index (χ3n) is 2.47. The van der Waals surface area contributed by atoms with Crippen molar-refractivity contribution in [2.24, 2.45) is 0 Å². The molecular formula is C11H15N3O2. The molecule has 0 amide bonds. The molecule has 5 nitrogen and oxygen atoms in total. The highest BCUT2D eigenvalue weighted by Crippen LogP contribution is 2.11. The maximum atomic E-state index is 5.08. The van der Waals surface area contributed by atoms with Crippen LogP contribution in [-0.2, 0) is 13.1 Å². The summed E-state index contributed by atoms with van der Waals surface area (Å²) >= 11 is 0. The summed E-state index contributed by atoms with van der Waals surface area (Å²) in [4.78, 5) is 0. The number of hydrogen-bond acceptors (Lipinski definition) is 5. The largest absolute Gasteiger partial charge is 0.361 e. The number of aryl methyl sites for hydroxylation is 3. The molecule has 16 heavy (non-hydrogen) atoms. The standard InChI is InChI=1S/C11H15N3O2/c1-7-4-10(14-15-7)5-12-6-11-8(2)13-16-9(11)3/h4,12H,5-6H2,1-3H3. The molecule has 0 spiro atoms. The van der Waals surface area contributed by atoms with Crippen molar-refractivity contribution in [3.63, 3.8) is 0 Å². The van der Waals surface area contributed by atoms with Gasteiger partial charge in [0.15, 0.2) is 0 Å². The molecule has 0 aliphatic rings. The van der Waals surface area contributed by atoms with E-state index in [0.29, 0.717) is 6.54 Å². The summed E-state index contributed by atoms with van der Waals surface area (Å²) in [5.74, 6) is 1.69. The Bertz CT molecular complexity index is 454. The molecule has 0 fully saturated rings. The Morgan fingerprint density at radius 2 is 1.94 bits per heavy atom. The van der Waals surface area contributed by atoms with Crippen molar-refractivity contribution in [3.05, 3.63) is 34.5 Å². The van der Waals surface area contributed by atoms with Crippen LogP contribution < -0.4 is 5.32 Å². The lowest BCUT2D eigenvalue weighted by atomic mass is 10.2. The first-order chi connectivity index (χ1) is 7.66. The van der Waals surface area contributed by atoms with Crippen LogP contribution in [0.4, 0.5) is 0 Å². The van der Waals surface area contributed by atoms with E-state index in [-0.39, 0.29) is 0 Å². The molecule has 0 saturated heterocycles. The monoisotopic (exact) mass is 221 g/mol. The summed E-state index contributed by atoms with van der Waals surface area (Å²) in [5, 5.41) is 11.1. The molecular weight excluding hydrogens is 206 g/mol. The molecule has 0 saturated carbocycles. The van der Waals surface area contributed by atoms with Gasteiger partial charge in [-0.15, -0.1) is 0 Å². The fraction of sp³-hybridized carbons (Fsp3) is 0.455. The Balaban J connectivity index is 1.89. The highest BCUT2D eigenvalue weighted by Gasteiger charge is 2.08. The van der Waals surface area contributed by atoms with Gasteiger partial charge in [0.05, 0.1) is 11.4 Å². The van der Waals surface area contributed by atoms with E-state index in [1.165, 1.54) is 0 Å². The molecule has 5 heteroatoms. The lowest BCUT2D eigenvalue weighted by Crippen LogP contribution is -2.13. The van der Waals surface area contributed by atoms with E-state index in [0.717, 1.165) is 35.0 Å². The average Bonchev–Trinajstić information content (AvgIpc) is 2.78. The van der Waals surface area contributed by atoms with E-state index < -0.39 is 0 Å². The van der Waals surface area contributed by atoms with Crippen LogP contribution in [0, 0.1) is 20.8 Å². The Morgan fingerprint density at radius 1 is 1.12 bits per heavy atom. The molecule has 0 aliphatic heterocycles. The van der Waals surface area contributed by atoms with Crippen LogP contribution in [-0.4, -0.2) is 10.3 Å². The van der Waals surface area contributed by atoms with Gasteiger partial charge >= 0.3 is 0 Å². The summed E-state index contributed by atoms with van der Waals surface area (Å²) in [5.41, 5.74) is 2.95. The predicted molar refractivity (Wildman–Crippen MR) is 57.8 cm³/mol. The Hall–Kier alpha value is -1.62. The smallest absolute Gasteiger partial charge is 0.138 e. The van der Waals surface area contributed by atoms with Crippen molar-refractivity contribution < 1.29 is 9.05 Å². The van der Waals surface area contributed by atoms with Gasteiger partial charge in [0.1, 0.15) is 11.5 Å². The minimum Gasteiger partial charge on any atom is -0.361 e. The molecule has 0 radical (unpaired) electrons. The first kappa shape index (κ1) is 10.9. The lowest BCUT2D eigenvalue weighted by Gasteiger charge is -2.00. The Labute approximate surface area is 93.8 Å². The van der Waals surface area contributed by atoms with Gasteiger partial charge in [0.2, 0.25) is 0 Å². The molecule has 2 heterocycles. The summed E-state index contributed by atoms with van der Waals surface area (Å²) in [6.07, 6.45) is 0. The van der Waals surface area contributed by atoms with Crippen molar-refractivity contribution >= 4 is 0 Å². The topological polar surface area (TPSA) is 64.1 Å². The zero-order valence-corrected chi connectivity index (χ0v) is 9.70. The van der Waals surface area contributed by atoms with E-state index >= 15 is 0 Å². The second kappa shape index (κ2) is 4.49. The van der Waals surface area contributed by atoms with Gasteiger partial charge in [-0.2, -0.15) is 0 Å². The van der Waals surface area contributed by atoms with E-state index in [1.54, 1.807) is 0 Å². The van der Waals surface area contributed by atoms with Crippen LogP contribution in [0.3, 0.4) is 0 Å². The summed E-state index contributed by atoms with van der Waals surface area (Å²) in [6, 6.07) is 1.92. The average molecular weight is 221 g/mol. The summed E-state index contributed by atoms with van der Waals surface area (Å²) in [7, 11) is 0. The van der Waals surface area contributed by atoms with Gasteiger partial charge < -0.3 is 14.4 Å². The van der Waals surface area contributed by atoms with Crippen molar-refractivity contribution in [1.29, 1.82) is 0 Å². The van der Waals surface area contributed by atoms with Gasteiger partial charge in [-0.25, -0.2) is 0 Å². The maximum absolute atomic E-state index is 5.08. The third kappa shape index (κ3) is 2.30. The molecule has 0 aromatic carbocycles. The van der Waals surface area contributed by atoms with Crippen LogP contribution in [0.25, 0.3) is 0 Å².